The summed E-state index contributed by atoms with van der Waals surface area (Å²) in [6.45, 7) is 0.530. The van der Waals surface area contributed by atoms with E-state index in [1.54, 1.807) is 6.07 Å². The van der Waals surface area contributed by atoms with E-state index in [-0.39, 0.29) is 5.82 Å². The van der Waals surface area contributed by atoms with E-state index in [1.807, 2.05) is 48.1 Å². The summed E-state index contributed by atoms with van der Waals surface area (Å²) >= 11 is 3.43. The molecule has 9 heteroatoms. The van der Waals surface area contributed by atoms with Crippen molar-refractivity contribution in [2.24, 2.45) is 7.05 Å². The minimum atomic E-state index is -1.82. The van der Waals surface area contributed by atoms with Gasteiger partial charge >= 0.3 is 11.9 Å². The quantitative estimate of drug-likeness (QED) is 0.523. The van der Waals surface area contributed by atoms with E-state index in [0.29, 0.717) is 6.54 Å². The summed E-state index contributed by atoms with van der Waals surface area (Å²) < 4.78 is 16.2. The SMILES string of the molecule is Cn1c(-c2ccc(Br)cc2)cnc1NCc1cccc(F)c1.O=C(O)C(=O)O. The first-order chi connectivity index (χ1) is 13.3. The smallest absolute Gasteiger partial charge is 0.414 e. The molecule has 2 aromatic carbocycles. The van der Waals surface area contributed by atoms with Crippen molar-refractivity contribution in [1.82, 2.24) is 9.55 Å². The highest BCUT2D eigenvalue weighted by molar-refractivity contribution is 9.10. The zero-order valence-electron chi connectivity index (χ0n) is 14.8. The van der Waals surface area contributed by atoms with Crippen molar-refractivity contribution < 1.29 is 24.2 Å². The predicted molar refractivity (Wildman–Crippen MR) is 105 cm³/mol. The lowest BCUT2D eigenvalue weighted by Gasteiger charge is -2.08. The fourth-order valence-corrected chi connectivity index (χ4v) is 2.56. The monoisotopic (exact) mass is 449 g/mol. The van der Waals surface area contributed by atoms with E-state index in [1.165, 1.54) is 12.1 Å². The van der Waals surface area contributed by atoms with Gasteiger partial charge in [0.05, 0.1) is 11.9 Å². The number of aliphatic carboxylic acids is 2. The molecule has 0 amide bonds. The van der Waals surface area contributed by atoms with E-state index in [9.17, 15) is 4.39 Å². The minimum Gasteiger partial charge on any atom is -0.473 e. The Morgan fingerprint density at radius 2 is 1.79 bits per heavy atom. The van der Waals surface area contributed by atoms with Crippen LogP contribution >= 0.6 is 15.9 Å². The van der Waals surface area contributed by atoms with Gasteiger partial charge in [0.25, 0.3) is 0 Å². The van der Waals surface area contributed by atoms with Gasteiger partial charge in [-0.2, -0.15) is 0 Å². The fourth-order valence-electron chi connectivity index (χ4n) is 2.29. The molecule has 0 unspecified atom stereocenters. The molecular formula is C19H17BrFN3O4. The average Bonchev–Trinajstić information content (AvgIpc) is 3.02. The molecular weight excluding hydrogens is 433 g/mol. The lowest BCUT2D eigenvalue weighted by Crippen LogP contribution is -2.09. The van der Waals surface area contributed by atoms with Crippen LogP contribution in [0.1, 0.15) is 5.56 Å². The van der Waals surface area contributed by atoms with Crippen LogP contribution < -0.4 is 5.32 Å². The number of hydrogen-bond acceptors (Lipinski definition) is 4. The number of aromatic nitrogens is 2. The molecule has 1 aromatic heterocycles. The van der Waals surface area contributed by atoms with Crippen molar-refractivity contribution in [3.8, 4) is 11.3 Å². The average molecular weight is 450 g/mol. The van der Waals surface area contributed by atoms with Crippen LogP contribution in [0.4, 0.5) is 10.3 Å². The summed E-state index contributed by atoms with van der Waals surface area (Å²) in [6, 6.07) is 14.6. The standard InChI is InChI=1S/C17H15BrFN3.C2H2O4/c1-22-16(13-5-7-14(18)8-6-13)11-21-17(22)20-10-12-3-2-4-15(19)9-12;3-1(4)2(5)6/h2-9,11H,10H2,1H3,(H,20,21);(H,3,4)(H,5,6). The number of anilines is 1. The van der Waals surface area contributed by atoms with Gasteiger partial charge in [-0.1, -0.05) is 40.2 Å². The molecule has 0 saturated carbocycles. The highest BCUT2D eigenvalue weighted by Gasteiger charge is 2.08. The summed E-state index contributed by atoms with van der Waals surface area (Å²) in [7, 11) is 1.96. The van der Waals surface area contributed by atoms with Gasteiger partial charge in [0.1, 0.15) is 5.82 Å². The topological polar surface area (TPSA) is 104 Å². The third-order valence-electron chi connectivity index (χ3n) is 3.65. The van der Waals surface area contributed by atoms with Crippen molar-refractivity contribution in [1.29, 1.82) is 0 Å². The summed E-state index contributed by atoms with van der Waals surface area (Å²) in [4.78, 5) is 22.6. The molecule has 1 heterocycles. The first kappa shape index (κ1) is 21.1. The second kappa shape index (κ2) is 9.65. The Bertz CT molecular complexity index is 962. The first-order valence-electron chi connectivity index (χ1n) is 8.00. The number of nitrogens with zero attached hydrogens (tertiary/aromatic N) is 2. The molecule has 146 valence electrons. The number of carbonyl (C=O) groups is 2. The van der Waals surface area contributed by atoms with Crippen molar-refractivity contribution >= 4 is 33.8 Å². The third kappa shape index (κ3) is 5.92. The zero-order valence-corrected chi connectivity index (χ0v) is 16.4. The van der Waals surface area contributed by atoms with Crippen LogP contribution in [-0.2, 0) is 23.2 Å². The van der Waals surface area contributed by atoms with Crippen molar-refractivity contribution in [2.45, 2.75) is 6.54 Å². The Hall–Kier alpha value is -3.20. The molecule has 0 aliphatic rings. The molecule has 7 nitrogen and oxygen atoms in total. The second-order valence-corrected chi connectivity index (χ2v) is 6.54. The van der Waals surface area contributed by atoms with Gasteiger partial charge in [0.15, 0.2) is 0 Å². The maximum Gasteiger partial charge on any atom is 0.414 e. The number of imidazole rings is 1. The lowest BCUT2D eigenvalue weighted by molar-refractivity contribution is -0.159. The second-order valence-electron chi connectivity index (χ2n) is 5.63. The van der Waals surface area contributed by atoms with E-state index in [0.717, 1.165) is 27.2 Å². The highest BCUT2D eigenvalue weighted by atomic mass is 79.9. The number of benzene rings is 2. The number of carboxylic acid groups (broad SMARTS) is 2. The lowest BCUT2D eigenvalue weighted by atomic mass is 10.2. The molecule has 0 atom stereocenters. The van der Waals surface area contributed by atoms with Gasteiger partial charge in [-0.25, -0.2) is 19.0 Å². The molecule has 0 saturated heterocycles. The maximum atomic E-state index is 13.2. The number of nitrogens with one attached hydrogen (secondary N) is 1. The van der Waals surface area contributed by atoms with Crippen molar-refractivity contribution in [3.63, 3.8) is 0 Å². The number of halogens is 2. The number of carboxylic acids is 2. The van der Waals surface area contributed by atoms with Crippen molar-refractivity contribution in [2.75, 3.05) is 5.32 Å². The third-order valence-corrected chi connectivity index (χ3v) is 4.18. The summed E-state index contributed by atoms with van der Waals surface area (Å²) in [5, 5.41) is 18.0. The number of hydrogen-bond donors (Lipinski definition) is 3. The first-order valence-corrected chi connectivity index (χ1v) is 8.79. The Morgan fingerprint density at radius 1 is 1.14 bits per heavy atom. The Kier molecular flexibility index (Phi) is 7.28. The molecule has 3 N–H and O–H groups in total. The minimum absolute atomic E-state index is 0.227. The van der Waals surface area contributed by atoms with Gasteiger partial charge in [-0.15, -0.1) is 0 Å². The predicted octanol–water partition coefficient (Wildman–Crippen LogP) is 3.76. The van der Waals surface area contributed by atoms with Gasteiger partial charge in [-0.05, 0) is 35.4 Å². The summed E-state index contributed by atoms with van der Waals surface area (Å²) in [5.41, 5.74) is 3.00. The molecule has 0 bridgehead atoms. The Balaban J connectivity index is 0.000000409. The van der Waals surface area contributed by atoms with Gasteiger partial charge in [0, 0.05) is 18.1 Å². The van der Waals surface area contributed by atoms with Gasteiger partial charge in [-0.3, -0.25) is 0 Å². The van der Waals surface area contributed by atoms with E-state index in [2.05, 4.69) is 26.2 Å². The zero-order chi connectivity index (χ0) is 20.7. The van der Waals surface area contributed by atoms with Gasteiger partial charge in [0.2, 0.25) is 5.95 Å². The number of rotatable bonds is 4. The summed E-state index contributed by atoms with van der Waals surface area (Å²) in [6.07, 6.45) is 1.83. The molecule has 3 rings (SSSR count). The van der Waals surface area contributed by atoms with Crippen molar-refractivity contribution in [3.05, 3.63) is 70.6 Å². The van der Waals surface area contributed by atoms with Crippen LogP contribution in [0, 0.1) is 5.82 Å². The van der Waals surface area contributed by atoms with Crippen LogP contribution in [0.25, 0.3) is 11.3 Å². The molecule has 0 aliphatic carbocycles. The van der Waals surface area contributed by atoms with E-state index < -0.39 is 11.9 Å². The van der Waals surface area contributed by atoms with Crippen LogP contribution in [0.2, 0.25) is 0 Å². The molecule has 3 aromatic rings. The van der Waals surface area contributed by atoms with E-state index >= 15 is 0 Å². The van der Waals surface area contributed by atoms with Crippen LogP contribution in [-0.4, -0.2) is 31.7 Å². The fraction of sp³-hybridized carbons (Fsp3) is 0.105. The molecule has 0 spiro atoms. The van der Waals surface area contributed by atoms with Crippen LogP contribution in [0.3, 0.4) is 0 Å². The largest absolute Gasteiger partial charge is 0.473 e. The maximum absolute atomic E-state index is 13.2. The van der Waals surface area contributed by atoms with Crippen LogP contribution in [0.15, 0.2) is 59.2 Å². The normalized spacial score (nSPS) is 9.96. The summed E-state index contributed by atoms with van der Waals surface area (Å²) in [5.74, 6) is -3.12. The van der Waals surface area contributed by atoms with Crippen LogP contribution in [0.5, 0.6) is 0 Å². The van der Waals surface area contributed by atoms with Gasteiger partial charge < -0.3 is 20.1 Å². The Morgan fingerprint density at radius 3 is 2.36 bits per heavy atom. The molecule has 0 aliphatic heterocycles. The van der Waals surface area contributed by atoms with E-state index in [4.69, 9.17) is 19.8 Å². The molecule has 0 radical (unpaired) electrons. The Labute approximate surface area is 168 Å². The molecule has 0 fully saturated rings. The highest BCUT2D eigenvalue weighted by Crippen LogP contribution is 2.24. The molecule has 28 heavy (non-hydrogen) atoms.